The normalized spacial score (nSPS) is 24.3. The average molecular weight is 372 g/mol. The Kier molecular flexibility index (Phi) is 4.21. The van der Waals surface area contributed by atoms with Gasteiger partial charge in [0.1, 0.15) is 10.6 Å². The van der Waals surface area contributed by atoms with Crippen molar-refractivity contribution in [3.63, 3.8) is 0 Å². The highest BCUT2D eigenvalue weighted by molar-refractivity contribution is 7.93. The van der Waals surface area contributed by atoms with E-state index in [-0.39, 0.29) is 10.5 Å². The summed E-state index contributed by atoms with van der Waals surface area (Å²) in [5, 5.41) is -0.0672. The SMILES string of the molecule is O=S(=O)(C1CC1)C1(c2cc(N3CCOCC3)nc(Cl)n2)CCCC1. The molecule has 1 aromatic heterocycles. The third kappa shape index (κ3) is 2.70. The fourth-order valence-electron chi connectivity index (χ4n) is 3.92. The first-order chi connectivity index (χ1) is 11.5. The standard InChI is InChI=1S/C16H22ClN3O3S/c17-15-18-13(11-14(19-15)20-7-9-23-10-8-20)16(5-1-2-6-16)24(21,22)12-3-4-12/h11-12H,1-10H2. The van der Waals surface area contributed by atoms with Crippen LogP contribution in [0.5, 0.6) is 0 Å². The quantitative estimate of drug-likeness (QED) is 0.756. The van der Waals surface area contributed by atoms with Gasteiger partial charge in [-0.1, -0.05) is 12.8 Å². The van der Waals surface area contributed by atoms with E-state index in [9.17, 15) is 8.42 Å². The summed E-state index contributed by atoms with van der Waals surface area (Å²) in [6.45, 7) is 2.75. The van der Waals surface area contributed by atoms with E-state index in [4.69, 9.17) is 16.3 Å². The van der Waals surface area contributed by atoms with E-state index in [1.807, 2.05) is 6.07 Å². The van der Waals surface area contributed by atoms with Crippen molar-refractivity contribution in [2.75, 3.05) is 31.2 Å². The molecule has 1 aromatic rings. The number of hydrogen-bond acceptors (Lipinski definition) is 6. The summed E-state index contributed by atoms with van der Waals surface area (Å²) in [6, 6.07) is 1.85. The van der Waals surface area contributed by atoms with Gasteiger partial charge in [0.15, 0.2) is 9.84 Å². The number of sulfone groups is 1. The summed E-state index contributed by atoms with van der Waals surface area (Å²) in [4.78, 5) is 10.8. The third-order valence-corrected chi connectivity index (χ3v) is 8.63. The molecule has 0 N–H and O–H groups in total. The zero-order chi connectivity index (χ0) is 16.8. The molecule has 2 aliphatic carbocycles. The maximum absolute atomic E-state index is 13.2. The van der Waals surface area contributed by atoms with E-state index in [0.29, 0.717) is 37.6 Å². The molecule has 8 heteroatoms. The topological polar surface area (TPSA) is 72.4 Å². The summed E-state index contributed by atoms with van der Waals surface area (Å²) in [5.74, 6) is 0.713. The van der Waals surface area contributed by atoms with Crippen LogP contribution in [-0.4, -0.2) is 49.9 Å². The van der Waals surface area contributed by atoms with Crippen LogP contribution in [0.2, 0.25) is 5.28 Å². The van der Waals surface area contributed by atoms with Crippen molar-refractivity contribution in [1.82, 2.24) is 9.97 Å². The maximum Gasteiger partial charge on any atom is 0.224 e. The Hall–Kier alpha value is -0.920. The van der Waals surface area contributed by atoms with Gasteiger partial charge in [0.25, 0.3) is 0 Å². The van der Waals surface area contributed by atoms with Crippen molar-refractivity contribution >= 4 is 27.3 Å². The van der Waals surface area contributed by atoms with Crippen LogP contribution in [0.3, 0.4) is 0 Å². The van der Waals surface area contributed by atoms with Gasteiger partial charge < -0.3 is 9.64 Å². The molecule has 24 heavy (non-hydrogen) atoms. The number of anilines is 1. The number of rotatable bonds is 4. The van der Waals surface area contributed by atoms with E-state index >= 15 is 0 Å². The lowest BCUT2D eigenvalue weighted by atomic mass is 10.0. The van der Waals surface area contributed by atoms with Gasteiger partial charge in [0.05, 0.1) is 24.2 Å². The predicted molar refractivity (Wildman–Crippen MR) is 92.2 cm³/mol. The molecule has 0 bridgehead atoms. The Bertz CT molecular complexity index is 724. The van der Waals surface area contributed by atoms with Crippen LogP contribution in [0.25, 0.3) is 0 Å². The first-order valence-corrected chi connectivity index (χ1v) is 10.6. The van der Waals surface area contributed by atoms with Crippen molar-refractivity contribution in [1.29, 1.82) is 0 Å². The summed E-state index contributed by atoms with van der Waals surface area (Å²) < 4.78 is 30.9. The second-order valence-corrected chi connectivity index (χ2v) is 9.80. The fraction of sp³-hybridized carbons (Fsp3) is 0.750. The molecule has 0 atom stereocenters. The van der Waals surface area contributed by atoms with Gasteiger partial charge in [-0.05, 0) is 37.3 Å². The minimum Gasteiger partial charge on any atom is -0.378 e. The molecule has 0 aromatic carbocycles. The lowest BCUT2D eigenvalue weighted by Gasteiger charge is -2.31. The van der Waals surface area contributed by atoms with Crippen molar-refractivity contribution in [2.24, 2.45) is 0 Å². The zero-order valence-electron chi connectivity index (χ0n) is 13.6. The average Bonchev–Trinajstić information content (AvgIpc) is 3.32. The van der Waals surface area contributed by atoms with Gasteiger partial charge in [-0.2, -0.15) is 0 Å². The molecule has 6 nitrogen and oxygen atoms in total. The Balaban J connectivity index is 1.77. The molecule has 132 valence electrons. The minimum atomic E-state index is -3.24. The Morgan fingerprint density at radius 2 is 1.83 bits per heavy atom. The number of hydrogen-bond donors (Lipinski definition) is 0. The van der Waals surface area contributed by atoms with E-state index < -0.39 is 14.6 Å². The minimum absolute atomic E-state index is 0.131. The number of ether oxygens (including phenoxy) is 1. The second kappa shape index (κ2) is 6.11. The number of halogens is 1. The lowest BCUT2D eigenvalue weighted by Crippen LogP contribution is -2.39. The van der Waals surface area contributed by atoms with E-state index in [2.05, 4.69) is 14.9 Å². The van der Waals surface area contributed by atoms with Crippen LogP contribution in [0.1, 0.15) is 44.2 Å². The highest BCUT2D eigenvalue weighted by atomic mass is 35.5. The number of morpholine rings is 1. The van der Waals surface area contributed by atoms with Gasteiger partial charge in [0, 0.05) is 19.2 Å². The smallest absolute Gasteiger partial charge is 0.224 e. The Morgan fingerprint density at radius 3 is 2.46 bits per heavy atom. The molecule has 2 heterocycles. The molecular weight excluding hydrogens is 350 g/mol. The third-order valence-electron chi connectivity index (χ3n) is 5.41. The van der Waals surface area contributed by atoms with Crippen LogP contribution in [0, 0.1) is 0 Å². The van der Waals surface area contributed by atoms with Crippen molar-refractivity contribution < 1.29 is 13.2 Å². The monoisotopic (exact) mass is 371 g/mol. The van der Waals surface area contributed by atoms with E-state index in [1.54, 1.807) is 0 Å². The molecule has 0 unspecified atom stereocenters. The van der Waals surface area contributed by atoms with Crippen LogP contribution in [0.15, 0.2) is 6.07 Å². The molecule has 3 aliphatic rings. The largest absolute Gasteiger partial charge is 0.378 e. The Labute approximate surface area is 147 Å². The summed E-state index contributed by atoms with van der Waals surface area (Å²) in [7, 11) is -3.24. The summed E-state index contributed by atoms with van der Waals surface area (Å²) in [6.07, 6.45) is 4.67. The van der Waals surface area contributed by atoms with Crippen molar-refractivity contribution in [3.05, 3.63) is 17.0 Å². The second-order valence-electron chi connectivity index (χ2n) is 6.93. The fourth-order valence-corrected chi connectivity index (χ4v) is 6.75. The van der Waals surface area contributed by atoms with Crippen LogP contribution < -0.4 is 4.90 Å². The maximum atomic E-state index is 13.2. The van der Waals surface area contributed by atoms with Gasteiger partial charge in [-0.3, -0.25) is 0 Å². The van der Waals surface area contributed by atoms with Crippen LogP contribution >= 0.6 is 11.6 Å². The first kappa shape index (κ1) is 16.5. The zero-order valence-corrected chi connectivity index (χ0v) is 15.2. The van der Waals surface area contributed by atoms with E-state index in [0.717, 1.165) is 38.8 Å². The van der Waals surface area contributed by atoms with Crippen molar-refractivity contribution in [3.8, 4) is 0 Å². The number of nitrogens with zero attached hydrogens (tertiary/aromatic N) is 3. The van der Waals surface area contributed by atoms with Crippen LogP contribution in [0.4, 0.5) is 5.82 Å². The predicted octanol–water partition coefficient (Wildman–Crippen LogP) is 2.31. The summed E-state index contributed by atoms with van der Waals surface area (Å²) in [5.41, 5.74) is 0.591. The van der Waals surface area contributed by atoms with Gasteiger partial charge in [-0.25, -0.2) is 18.4 Å². The Morgan fingerprint density at radius 1 is 1.17 bits per heavy atom. The molecule has 4 rings (SSSR count). The molecule has 0 amide bonds. The molecule has 2 saturated carbocycles. The molecule has 3 fully saturated rings. The van der Waals surface area contributed by atoms with Crippen LogP contribution in [-0.2, 0) is 19.3 Å². The van der Waals surface area contributed by atoms with Gasteiger partial charge in [-0.15, -0.1) is 0 Å². The molecule has 1 saturated heterocycles. The molecular formula is C16H22ClN3O3S. The number of aromatic nitrogens is 2. The molecule has 1 aliphatic heterocycles. The summed E-state index contributed by atoms with van der Waals surface area (Å²) >= 11 is 6.18. The van der Waals surface area contributed by atoms with E-state index in [1.165, 1.54) is 0 Å². The highest BCUT2D eigenvalue weighted by Gasteiger charge is 2.55. The molecule has 0 radical (unpaired) electrons. The van der Waals surface area contributed by atoms with Crippen molar-refractivity contribution in [2.45, 2.75) is 48.5 Å². The van der Waals surface area contributed by atoms with Gasteiger partial charge in [0.2, 0.25) is 5.28 Å². The molecule has 0 spiro atoms. The first-order valence-electron chi connectivity index (χ1n) is 8.64. The lowest BCUT2D eigenvalue weighted by molar-refractivity contribution is 0.122. The van der Waals surface area contributed by atoms with Gasteiger partial charge >= 0.3 is 0 Å². The highest BCUT2D eigenvalue weighted by Crippen LogP contribution is 2.51.